The number of H-pyrrole nitrogens is 1. The third-order valence-electron chi connectivity index (χ3n) is 4.21. The van der Waals surface area contributed by atoms with Crippen LogP contribution >= 0.6 is 0 Å². The lowest BCUT2D eigenvalue weighted by atomic mass is 9.80. The van der Waals surface area contributed by atoms with E-state index in [1.807, 2.05) is 6.07 Å². The summed E-state index contributed by atoms with van der Waals surface area (Å²) in [6.07, 6.45) is 4.43. The van der Waals surface area contributed by atoms with E-state index in [4.69, 9.17) is 0 Å². The standard InChI is InChI=1S/C15H19FN2/c1-2-10-8-17-6-5-12(10)14-9-18-15-7-11(16)3-4-13(14)15/h3-4,7,9-10,12,17-18H,2,5-6,8H2,1H3. The summed E-state index contributed by atoms with van der Waals surface area (Å²) < 4.78 is 13.2. The van der Waals surface area contributed by atoms with Crippen molar-refractivity contribution >= 4 is 10.9 Å². The number of piperidine rings is 1. The Hall–Kier alpha value is -1.35. The van der Waals surface area contributed by atoms with E-state index in [-0.39, 0.29) is 5.82 Å². The highest BCUT2D eigenvalue weighted by molar-refractivity contribution is 5.83. The quantitative estimate of drug-likeness (QED) is 0.835. The minimum absolute atomic E-state index is 0.173. The van der Waals surface area contributed by atoms with Gasteiger partial charge in [-0.2, -0.15) is 0 Å². The van der Waals surface area contributed by atoms with Crippen molar-refractivity contribution < 1.29 is 4.39 Å². The molecular formula is C15H19FN2. The molecule has 0 aliphatic carbocycles. The molecule has 0 radical (unpaired) electrons. The number of benzene rings is 1. The zero-order chi connectivity index (χ0) is 12.5. The highest BCUT2D eigenvalue weighted by Gasteiger charge is 2.26. The number of aromatic amines is 1. The third-order valence-corrected chi connectivity index (χ3v) is 4.21. The number of aromatic nitrogens is 1. The number of hydrogen-bond acceptors (Lipinski definition) is 1. The summed E-state index contributed by atoms with van der Waals surface area (Å²) in [5.74, 6) is 1.10. The van der Waals surface area contributed by atoms with Crippen LogP contribution in [0.2, 0.25) is 0 Å². The maximum Gasteiger partial charge on any atom is 0.125 e. The first-order chi connectivity index (χ1) is 8.79. The van der Waals surface area contributed by atoms with Crippen molar-refractivity contribution in [3.05, 3.63) is 35.8 Å². The van der Waals surface area contributed by atoms with Gasteiger partial charge in [0.2, 0.25) is 0 Å². The normalized spacial score (nSPS) is 24.6. The minimum Gasteiger partial charge on any atom is -0.361 e. The van der Waals surface area contributed by atoms with Gasteiger partial charge in [-0.3, -0.25) is 0 Å². The van der Waals surface area contributed by atoms with Crippen molar-refractivity contribution in [1.82, 2.24) is 10.3 Å². The summed E-state index contributed by atoms with van der Waals surface area (Å²) in [6, 6.07) is 5.05. The fraction of sp³-hybridized carbons (Fsp3) is 0.467. The largest absolute Gasteiger partial charge is 0.361 e. The fourth-order valence-corrected chi connectivity index (χ4v) is 3.19. The van der Waals surface area contributed by atoms with Crippen LogP contribution in [0.1, 0.15) is 31.2 Å². The topological polar surface area (TPSA) is 27.8 Å². The number of halogens is 1. The van der Waals surface area contributed by atoms with E-state index in [2.05, 4.69) is 23.4 Å². The zero-order valence-electron chi connectivity index (χ0n) is 10.7. The molecule has 1 saturated heterocycles. The maximum atomic E-state index is 13.2. The molecule has 1 fully saturated rings. The lowest BCUT2D eigenvalue weighted by molar-refractivity contribution is 0.319. The Morgan fingerprint density at radius 1 is 1.39 bits per heavy atom. The Morgan fingerprint density at radius 2 is 2.28 bits per heavy atom. The molecule has 2 atom stereocenters. The van der Waals surface area contributed by atoms with Gasteiger partial charge in [-0.1, -0.05) is 13.3 Å². The van der Waals surface area contributed by atoms with Crippen molar-refractivity contribution in [2.75, 3.05) is 13.1 Å². The molecule has 1 aromatic carbocycles. The molecule has 18 heavy (non-hydrogen) atoms. The molecule has 3 rings (SSSR count). The van der Waals surface area contributed by atoms with Crippen LogP contribution < -0.4 is 5.32 Å². The summed E-state index contributed by atoms with van der Waals surface area (Å²) in [7, 11) is 0. The van der Waals surface area contributed by atoms with Crippen molar-refractivity contribution in [3.8, 4) is 0 Å². The predicted molar refractivity (Wildman–Crippen MR) is 72.3 cm³/mol. The Labute approximate surface area is 107 Å². The summed E-state index contributed by atoms with van der Waals surface area (Å²) in [6.45, 7) is 4.42. The van der Waals surface area contributed by atoms with E-state index in [1.165, 1.54) is 23.8 Å². The second kappa shape index (κ2) is 4.73. The van der Waals surface area contributed by atoms with Crippen LogP contribution in [0.25, 0.3) is 10.9 Å². The van der Waals surface area contributed by atoms with Gasteiger partial charge in [0.05, 0.1) is 0 Å². The first kappa shape index (κ1) is 11.7. The lowest BCUT2D eigenvalue weighted by Gasteiger charge is -2.31. The van der Waals surface area contributed by atoms with E-state index in [0.29, 0.717) is 11.8 Å². The van der Waals surface area contributed by atoms with Crippen LogP contribution in [0.5, 0.6) is 0 Å². The Kier molecular flexibility index (Phi) is 3.08. The third kappa shape index (κ3) is 1.93. The average Bonchev–Trinajstić information content (AvgIpc) is 2.81. The number of hydrogen-bond donors (Lipinski definition) is 2. The minimum atomic E-state index is -0.173. The summed E-state index contributed by atoms with van der Waals surface area (Å²) in [5.41, 5.74) is 2.27. The molecule has 0 spiro atoms. The van der Waals surface area contributed by atoms with Crippen LogP contribution in [-0.2, 0) is 0 Å². The molecule has 96 valence electrons. The fourth-order valence-electron chi connectivity index (χ4n) is 3.19. The molecule has 0 saturated carbocycles. The van der Waals surface area contributed by atoms with Crippen LogP contribution in [-0.4, -0.2) is 18.1 Å². The summed E-state index contributed by atoms with van der Waals surface area (Å²) in [4.78, 5) is 3.21. The molecule has 1 aliphatic heterocycles. The predicted octanol–water partition coefficient (Wildman–Crippen LogP) is 3.41. The molecule has 0 amide bonds. The van der Waals surface area contributed by atoms with Gasteiger partial charge in [0.1, 0.15) is 5.82 Å². The highest BCUT2D eigenvalue weighted by Crippen LogP contribution is 2.36. The van der Waals surface area contributed by atoms with Gasteiger partial charge in [-0.05, 0) is 55.1 Å². The number of rotatable bonds is 2. The summed E-state index contributed by atoms with van der Waals surface area (Å²) >= 11 is 0. The molecule has 2 N–H and O–H groups in total. The van der Waals surface area contributed by atoms with Gasteiger partial charge in [0.25, 0.3) is 0 Å². The van der Waals surface area contributed by atoms with Gasteiger partial charge < -0.3 is 10.3 Å². The highest BCUT2D eigenvalue weighted by atomic mass is 19.1. The van der Waals surface area contributed by atoms with Gasteiger partial charge in [0, 0.05) is 17.1 Å². The molecule has 2 unspecified atom stereocenters. The van der Waals surface area contributed by atoms with E-state index in [9.17, 15) is 4.39 Å². The van der Waals surface area contributed by atoms with Crippen LogP contribution in [0, 0.1) is 11.7 Å². The second-order valence-corrected chi connectivity index (χ2v) is 5.20. The maximum absolute atomic E-state index is 13.2. The molecular weight excluding hydrogens is 227 g/mol. The molecule has 2 nitrogen and oxygen atoms in total. The van der Waals surface area contributed by atoms with Crippen molar-refractivity contribution in [2.45, 2.75) is 25.7 Å². The van der Waals surface area contributed by atoms with Crippen LogP contribution in [0.15, 0.2) is 24.4 Å². The van der Waals surface area contributed by atoms with Crippen molar-refractivity contribution in [3.63, 3.8) is 0 Å². The Bertz CT molecular complexity index is 546. The molecule has 1 aromatic heterocycles. The number of fused-ring (bicyclic) bond motifs is 1. The molecule has 1 aliphatic rings. The Morgan fingerprint density at radius 3 is 3.11 bits per heavy atom. The first-order valence-corrected chi connectivity index (χ1v) is 6.77. The monoisotopic (exact) mass is 246 g/mol. The second-order valence-electron chi connectivity index (χ2n) is 5.20. The number of nitrogens with one attached hydrogen (secondary N) is 2. The zero-order valence-corrected chi connectivity index (χ0v) is 10.7. The Balaban J connectivity index is 2.02. The molecule has 3 heteroatoms. The lowest BCUT2D eigenvalue weighted by Crippen LogP contribution is -2.34. The van der Waals surface area contributed by atoms with Crippen molar-refractivity contribution in [2.24, 2.45) is 5.92 Å². The van der Waals surface area contributed by atoms with Crippen molar-refractivity contribution in [1.29, 1.82) is 0 Å². The summed E-state index contributed by atoms with van der Waals surface area (Å²) in [5, 5.41) is 4.65. The van der Waals surface area contributed by atoms with E-state index in [0.717, 1.165) is 18.6 Å². The van der Waals surface area contributed by atoms with Gasteiger partial charge >= 0.3 is 0 Å². The SMILES string of the molecule is CCC1CNCCC1c1c[nH]c2cc(F)ccc12. The van der Waals surface area contributed by atoms with Gasteiger partial charge in [0.15, 0.2) is 0 Å². The molecule has 2 heterocycles. The van der Waals surface area contributed by atoms with E-state index in [1.54, 1.807) is 12.1 Å². The average molecular weight is 246 g/mol. The van der Waals surface area contributed by atoms with E-state index < -0.39 is 0 Å². The van der Waals surface area contributed by atoms with Gasteiger partial charge in [-0.15, -0.1) is 0 Å². The van der Waals surface area contributed by atoms with Gasteiger partial charge in [-0.25, -0.2) is 4.39 Å². The van der Waals surface area contributed by atoms with Crippen LogP contribution in [0.3, 0.4) is 0 Å². The van der Waals surface area contributed by atoms with Crippen LogP contribution in [0.4, 0.5) is 4.39 Å². The first-order valence-electron chi connectivity index (χ1n) is 6.77. The van der Waals surface area contributed by atoms with E-state index >= 15 is 0 Å². The molecule has 2 aromatic rings. The smallest absolute Gasteiger partial charge is 0.125 e. The molecule has 0 bridgehead atoms.